The molecule has 1 saturated heterocycles. The number of hydrogen-bond acceptors (Lipinski definition) is 19. The van der Waals surface area contributed by atoms with Crippen LogP contribution in [0, 0.1) is 11.8 Å². The zero-order valence-electron chi connectivity index (χ0n) is 56.6. The summed E-state index contributed by atoms with van der Waals surface area (Å²) in [5.41, 5.74) is 7.02. The number of aryl methyl sites for hydroxylation is 2. The maximum atomic E-state index is 14.5. The zero-order chi connectivity index (χ0) is 73.0. The smallest absolute Gasteiger partial charge is 0.411 e. The summed E-state index contributed by atoms with van der Waals surface area (Å²) < 4.78 is 85.0. The van der Waals surface area contributed by atoms with Crippen LogP contribution in [0.25, 0.3) is 22.2 Å². The van der Waals surface area contributed by atoms with Gasteiger partial charge in [0.1, 0.15) is 50.1 Å². The highest BCUT2D eigenvalue weighted by molar-refractivity contribution is 7.90. The fourth-order valence-corrected chi connectivity index (χ4v) is 14.0. The first-order valence-electron chi connectivity index (χ1n) is 32.3. The topological polar surface area (TPSA) is 353 Å². The van der Waals surface area contributed by atoms with Gasteiger partial charge in [-0.3, -0.25) is 38.5 Å². The minimum absolute atomic E-state index is 0.00860. The Kier molecular flexibility index (Phi) is 23.3. The van der Waals surface area contributed by atoms with E-state index in [1.54, 1.807) is 88.5 Å². The molecule has 0 spiro atoms. The summed E-state index contributed by atoms with van der Waals surface area (Å²) in [6.07, 6.45) is 2.92. The van der Waals surface area contributed by atoms with Crippen LogP contribution in [0.4, 0.5) is 16.2 Å². The molecule has 0 unspecified atom stereocenters. The Hall–Kier alpha value is -10.8. The molecule has 27 heteroatoms. The average Bonchev–Trinajstić information content (AvgIpc) is 1.58. The van der Waals surface area contributed by atoms with Gasteiger partial charge >= 0.3 is 18.0 Å². The van der Waals surface area contributed by atoms with Crippen LogP contribution in [-0.2, 0) is 93.5 Å². The van der Waals surface area contributed by atoms with Crippen LogP contribution in [-0.4, -0.2) is 131 Å². The molecule has 7 aromatic rings. The van der Waals surface area contributed by atoms with E-state index in [0.717, 1.165) is 16.7 Å². The molecule has 7 N–H and O–H groups in total. The molecule has 1 aliphatic heterocycles. The first kappa shape index (κ1) is 74.5. The van der Waals surface area contributed by atoms with Crippen molar-refractivity contribution in [2.75, 3.05) is 38.5 Å². The highest BCUT2D eigenvalue weighted by Gasteiger charge is 2.62. The summed E-state index contributed by atoms with van der Waals surface area (Å²) in [7, 11) is -4.75. The number of hydrogen-bond donors (Lipinski definition) is 6. The molecule has 2 aliphatic carbocycles. The molecule has 3 aliphatic rings. The number of amides is 6. The molecule has 0 radical (unpaired) electrons. The summed E-state index contributed by atoms with van der Waals surface area (Å²) in [6.45, 7) is 12.4. The van der Waals surface area contributed by atoms with Gasteiger partial charge in [-0.15, -0.1) is 13.2 Å². The van der Waals surface area contributed by atoms with Crippen LogP contribution in [0.15, 0.2) is 187 Å². The largest absolute Gasteiger partial charge is 0.497 e. The minimum Gasteiger partial charge on any atom is -0.497 e. The van der Waals surface area contributed by atoms with E-state index in [1.807, 2.05) is 53.3 Å². The average molecular weight is 1420 g/mol. The summed E-state index contributed by atoms with van der Waals surface area (Å²) in [4.78, 5) is 109. The van der Waals surface area contributed by atoms with Gasteiger partial charge < -0.3 is 45.4 Å². The minimum atomic E-state index is -4.66. The number of carbonyl (C=O) groups excluding carboxylic acids is 8. The second kappa shape index (κ2) is 31.6. The number of rotatable bonds is 26. The number of likely N-dealkylation sites (tertiary alicyclic amines) is 1. The second-order valence-electron chi connectivity index (χ2n) is 25.6. The van der Waals surface area contributed by atoms with Crippen molar-refractivity contribution in [2.45, 2.75) is 117 Å². The number of esters is 2. The second-order valence-corrected chi connectivity index (χ2v) is 28.9. The van der Waals surface area contributed by atoms with E-state index in [1.165, 1.54) is 73.7 Å². The Morgan fingerprint density at radius 2 is 1.16 bits per heavy atom. The van der Waals surface area contributed by atoms with E-state index in [9.17, 15) is 55.2 Å². The fourth-order valence-electron chi connectivity index (χ4n) is 11.6. The Morgan fingerprint density at radius 1 is 0.634 bits per heavy atom. The number of nitrogens with one attached hydrogen (secondary N) is 5. The maximum Gasteiger partial charge on any atom is 0.411 e. The fraction of sp³-hybridized carbons (Fsp3) is 0.311. The van der Waals surface area contributed by atoms with Gasteiger partial charge in [0.05, 0.1) is 63.3 Å². The molecule has 25 nitrogen and oxygen atoms in total. The molecule has 6 atom stereocenters. The Morgan fingerprint density at radius 3 is 1.66 bits per heavy atom. The van der Waals surface area contributed by atoms with Crippen molar-refractivity contribution in [3.8, 4) is 22.8 Å². The standard InChI is InChI=1S/C50H53N5O11S.C24H27N3O6S/c1-7-34-29-50(34,47(59)54-67(61,62)43-19-12-11-18-38(43)52-44(56)25-32-15-13-14-31(24-32)20-23-45(57)64-6)53-46(58)41-27-36(30-55(41)48(60)66-49(2,3)4)65-42-28-39(33-16-9-8-10-17-33)51-40-26-35(63-5)21-22-37(40)42;1-3-18-15-24(18,25)23(30)27-34(31,32)20-10-5-4-9-19(20)26-21(28)14-17-8-6-7-16(13-17)11-12-22(29)33-2/h7-19,21-22,24,26,28,34,36,41H,1,20,23,25,27,29-30H2,2-6H3,(H,52,56)(H,53,58)(H,54,59);3-10,13,18H,1,11-12,14-15,25H2,2H3,(H,26,28)(H,27,30)/t34-,36-,41+,50-;18-,24-/m11/s1. The number of anilines is 2. The number of methoxy groups -OCH3 is 3. The zero-order valence-corrected chi connectivity index (χ0v) is 58.2. The number of pyridine rings is 1. The predicted molar refractivity (Wildman–Crippen MR) is 376 cm³/mol. The van der Waals surface area contributed by atoms with E-state index < -0.39 is 90.4 Å². The van der Waals surface area contributed by atoms with Gasteiger partial charge in [-0.25, -0.2) is 36.1 Å². The normalized spacial score (nSPS) is 18.9. The van der Waals surface area contributed by atoms with Crippen molar-refractivity contribution in [1.82, 2.24) is 24.6 Å². The third-order valence-electron chi connectivity index (χ3n) is 17.1. The number of nitrogens with two attached hydrogens (primary N) is 1. The number of ether oxygens (including phenoxy) is 5. The Labute approximate surface area is 585 Å². The first-order valence-corrected chi connectivity index (χ1v) is 35.3. The van der Waals surface area contributed by atoms with E-state index in [0.29, 0.717) is 58.5 Å². The molecule has 101 heavy (non-hydrogen) atoms. The lowest BCUT2D eigenvalue weighted by Crippen LogP contribution is -2.56. The molecular weight excluding hydrogens is 1340 g/mol. The molecule has 6 aromatic carbocycles. The van der Waals surface area contributed by atoms with Gasteiger partial charge in [0.25, 0.3) is 31.9 Å². The van der Waals surface area contributed by atoms with Crippen molar-refractivity contribution in [2.24, 2.45) is 17.6 Å². The Balaban J connectivity index is 0.000000293. The van der Waals surface area contributed by atoms with Crippen molar-refractivity contribution in [3.05, 3.63) is 199 Å². The van der Waals surface area contributed by atoms with Gasteiger partial charge in [-0.2, -0.15) is 0 Å². The number of benzene rings is 6. The summed E-state index contributed by atoms with van der Waals surface area (Å²) >= 11 is 0. The number of para-hydroxylation sites is 2. The summed E-state index contributed by atoms with van der Waals surface area (Å²) in [5, 5.41) is 8.68. The van der Waals surface area contributed by atoms with Crippen LogP contribution in [0.5, 0.6) is 11.5 Å². The highest BCUT2D eigenvalue weighted by Crippen LogP contribution is 2.46. The molecule has 2 heterocycles. The highest BCUT2D eigenvalue weighted by atomic mass is 32.2. The van der Waals surface area contributed by atoms with Crippen molar-refractivity contribution < 1.29 is 78.9 Å². The van der Waals surface area contributed by atoms with Gasteiger partial charge in [0, 0.05) is 54.2 Å². The van der Waals surface area contributed by atoms with E-state index in [4.69, 9.17) is 29.7 Å². The van der Waals surface area contributed by atoms with Gasteiger partial charge in [0.2, 0.25) is 17.7 Å². The van der Waals surface area contributed by atoms with Gasteiger partial charge in [-0.05, 0) is 105 Å². The predicted octanol–water partition coefficient (Wildman–Crippen LogP) is 8.20. The van der Waals surface area contributed by atoms with Gasteiger partial charge in [0.15, 0.2) is 0 Å². The molecule has 2 saturated carbocycles. The monoisotopic (exact) mass is 1420 g/mol. The number of nitrogens with zero attached hydrogens (tertiary/aromatic N) is 2. The number of carbonyl (C=O) groups is 8. The van der Waals surface area contributed by atoms with E-state index >= 15 is 0 Å². The van der Waals surface area contributed by atoms with E-state index in [-0.39, 0.29) is 84.1 Å². The van der Waals surface area contributed by atoms with Crippen LogP contribution in [0.1, 0.15) is 75.1 Å². The molecule has 530 valence electrons. The third-order valence-corrected chi connectivity index (χ3v) is 19.9. The number of fused-ring (bicyclic) bond motifs is 1. The van der Waals surface area contributed by atoms with Crippen LogP contribution in [0.3, 0.4) is 0 Å². The molecule has 3 fully saturated rings. The molecule has 10 rings (SSSR count). The van der Waals surface area contributed by atoms with Crippen molar-refractivity contribution in [3.63, 3.8) is 0 Å². The molecule has 6 amide bonds. The lowest BCUT2D eigenvalue weighted by Gasteiger charge is -2.29. The third kappa shape index (κ3) is 18.8. The van der Waals surface area contributed by atoms with E-state index in [2.05, 4.69) is 38.6 Å². The lowest BCUT2D eigenvalue weighted by molar-refractivity contribution is -0.141. The molecular formula is C74H80N8O17S2. The maximum absolute atomic E-state index is 14.5. The summed E-state index contributed by atoms with van der Waals surface area (Å²) in [6, 6.07) is 41.2. The van der Waals surface area contributed by atoms with Crippen molar-refractivity contribution in [1.29, 1.82) is 0 Å². The Bertz CT molecular complexity index is 4580. The number of aromatic nitrogens is 1. The quantitative estimate of drug-likeness (QED) is 0.0169. The molecule has 0 bridgehead atoms. The van der Waals surface area contributed by atoms with Crippen LogP contribution >= 0.6 is 0 Å². The van der Waals surface area contributed by atoms with Crippen molar-refractivity contribution >= 4 is 89.9 Å². The number of sulfonamides is 2. The first-order chi connectivity index (χ1) is 48.0. The SMILES string of the molecule is C=C[C@@H]1C[C@]1(N)C(=O)NS(=O)(=O)c1ccccc1NC(=O)Cc1cccc(CCC(=O)OC)c1.C=C[C@@H]1C[C@]1(NC(=O)[C@@H]1C[C@@H](Oc2cc(-c3ccccc3)nc3cc(OC)ccc23)CN1C(=O)OC(C)(C)C)C(=O)NS(=O)(=O)c1ccccc1NC(=O)Cc1cccc(CCC(=O)OC)c1. The lowest BCUT2D eigenvalue weighted by atomic mass is 10.0. The molecule has 1 aromatic heterocycles. The van der Waals surface area contributed by atoms with Gasteiger partial charge in [-0.1, -0.05) is 115 Å². The van der Waals surface area contributed by atoms with Crippen LogP contribution < -0.4 is 40.6 Å². The summed E-state index contributed by atoms with van der Waals surface area (Å²) in [5.74, 6) is -4.14. The van der Waals surface area contributed by atoms with Crippen LogP contribution in [0.2, 0.25) is 0 Å².